The number of nitrogens with zero attached hydrogens (tertiary/aromatic N) is 1. The summed E-state index contributed by atoms with van der Waals surface area (Å²) < 4.78 is 0. The second kappa shape index (κ2) is 6.27. The van der Waals surface area contributed by atoms with Crippen LogP contribution < -0.4 is 0 Å². The van der Waals surface area contributed by atoms with Crippen molar-refractivity contribution in [2.24, 2.45) is 5.92 Å². The number of hydrogen-bond donors (Lipinski definition) is 1. The molecule has 1 fully saturated rings. The van der Waals surface area contributed by atoms with Crippen LogP contribution in [0.15, 0.2) is 42.5 Å². The fourth-order valence-electron chi connectivity index (χ4n) is 3.38. The van der Waals surface area contributed by atoms with Crippen molar-refractivity contribution in [1.29, 1.82) is 0 Å². The highest BCUT2D eigenvalue weighted by atomic mass is 16.4. The maximum absolute atomic E-state index is 10.9. The Labute approximate surface area is 125 Å². The minimum absolute atomic E-state index is 0.297. The van der Waals surface area contributed by atoms with Gasteiger partial charge in [0.25, 0.3) is 0 Å². The van der Waals surface area contributed by atoms with Crippen molar-refractivity contribution in [1.82, 2.24) is 4.90 Å². The molecule has 1 aliphatic rings. The van der Waals surface area contributed by atoms with Crippen LogP contribution in [0.2, 0.25) is 0 Å². The van der Waals surface area contributed by atoms with Gasteiger partial charge in [0.05, 0.1) is 0 Å². The molecular weight excluding hydrogens is 262 g/mol. The van der Waals surface area contributed by atoms with Crippen molar-refractivity contribution in [2.75, 3.05) is 13.1 Å². The summed E-state index contributed by atoms with van der Waals surface area (Å²) in [6.07, 6.45) is 2.44. The number of fused-ring (bicyclic) bond motifs is 1. The summed E-state index contributed by atoms with van der Waals surface area (Å²) in [5, 5.41) is 11.5. The van der Waals surface area contributed by atoms with Gasteiger partial charge >= 0.3 is 5.97 Å². The number of carboxylic acid groups (broad SMARTS) is 1. The Morgan fingerprint density at radius 1 is 1.19 bits per heavy atom. The largest absolute Gasteiger partial charge is 0.481 e. The Hall–Kier alpha value is -1.87. The molecule has 1 aliphatic heterocycles. The highest BCUT2D eigenvalue weighted by Gasteiger charge is 2.22. The van der Waals surface area contributed by atoms with Crippen molar-refractivity contribution >= 4 is 16.7 Å². The van der Waals surface area contributed by atoms with E-state index in [9.17, 15) is 4.79 Å². The molecule has 1 heterocycles. The Morgan fingerprint density at radius 2 is 2.00 bits per heavy atom. The van der Waals surface area contributed by atoms with Gasteiger partial charge in [-0.1, -0.05) is 42.5 Å². The molecule has 1 unspecified atom stereocenters. The maximum Gasteiger partial charge on any atom is 0.303 e. The van der Waals surface area contributed by atoms with Gasteiger partial charge in [-0.2, -0.15) is 0 Å². The first-order valence-corrected chi connectivity index (χ1v) is 7.63. The fourth-order valence-corrected chi connectivity index (χ4v) is 3.38. The van der Waals surface area contributed by atoms with E-state index in [1.807, 2.05) is 0 Å². The first-order chi connectivity index (χ1) is 10.2. The van der Waals surface area contributed by atoms with Crippen LogP contribution in [0.25, 0.3) is 10.8 Å². The predicted octanol–water partition coefficient (Wildman–Crippen LogP) is 3.53. The van der Waals surface area contributed by atoms with Crippen LogP contribution in [0, 0.1) is 5.92 Å². The van der Waals surface area contributed by atoms with Crippen LogP contribution in [0.4, 0.5) is 0 Å². The quantitative estimate of drug-likeness (QED) is 0.933. The lowest BCUT2D eigenvalue weighted by atomic mass is 9.94. The molecule has 110 valence electrons. The monoisotopic (exact) mass is 283 g/mol. The van der Waals surface area contributed by atoms with E-state index in [1.165, 1.54) is 16.3 Å². The van der Waals surface area contributed by atoms with E-state index in [0.29, 0.717) is 12.3 Å². The van der Waals surface area contributed by atoms with Gasteiger partial charge in [0.15, 0.2) is 0 Å². The minimum atomic E-state index is -0.674. The molecule has 0 spiro atoms. The van der Waals surface area contributed by atoms with Gasteiger partial charge in [0, 0.05) is 19.5 Å². The minimum Gasteiger partial charge on any atom is -0.481 e. The molecule has 1 atom stereocenters. The third-order valence-electron chi connectivity index (χ3n) is 4.34. The predicted molar refractivity (Wildman–Crippen MR) is 84.2 cm³/mol. The van der Waals surface area contributed by atoms with Gasteiger partial charge in [-0.25, -0.2) is 0 Å². The molecule has 2 aromatic carbocycles. The van der Waals surface area contributed by atoms with E-state index < -0.39 is 5.97 Å². The van der Waals surface area contributed by atoms with Crippen LogP contribution >= 0.6 is 0 Å². The molecule has 2 aromatic rings. The molecular formula is C18H21NO2. The van der Waals surface area contributed by atoms with Gasteiger partial charge in [0.1, 0.15) is 0 Å². The topological polar surface area (TPSA) is 40.5 Å². The van der Waals surface area contributed by atoms with Crippen LogP contribution in [0.3, 0.4) is 0 Å². The van der Waals surface area contributed by atoms with E-state index in [0.717, 1.165) is 32.5 Å². The average molecular weight is 283 g/mol. The zero-order chi connectivity index (χ0) is 14.7. The smallest absolute Gasteiger partial charge is 0.303 e. The Kier molecular flexibility index (Phi) is 4.20. The standard InChI is InChI=1S/C18H21NO2/c20-18(21)11-14-5-4-10-19(12-14)13-16-8-3-7-15-6-1-2-9-17(15)16/h1-3,6-9,14H,4-5,10-13H2,(H,20,21). The third kappa shape index (κ3) is 3.42. The molecule has 1 saturated heterocycles. The zero-order valence-electron chi connectivity index (χ0n) is 12.2. The second-order valence-electron chi connectivity index (χ2n) is 5.98. The zero-order valence-corrected chi connectivity index (χ0v) is 12.2. The molecule has 0 radical (unpaired) electrons. The maximum atomic E-state index is 10.9. The molecule has 3 nitrogen and oxygen atoms in total. The van der Waals surface area contributed by atoms with Gasteiger partial charge in [-0.05, 0) is 41.6 Å². The average Bonchev–Trinajstić information content (AvgIpc) is 2.47. The van der Waals surface area contributed by atoms with Gasteiger partial charge in [-0.3, -0.25) is 9.69 Å². The lowest BCUT2D eigenvalue weighted by Crippen LogP contribution is -2.35. The van der Waals surface area contributed by atoms with Crippen LogP contribution in [-0.2, 0) is 11.3 Å². The van der Waals surface area contributed by atoms with E-state index in [4.69, 9.17) is 5.11 Å². The molecule has 0 saturated carbocycles. The van der Waals surface area contributed by atoms with Gasteiger partial charge < -0.3 is 5.11 Å². The number of rotatable bonds is 4. The summed E-state index contributed by atoms with van der Waals surface area (Å²) in [5.41, 5.74) is 1.34. The summed E-state index contributed by atoms with van der Waals surface area (Å²) in [6.45, 7) is 2.88. The summed E-state index contributed by atoms with van der Waals surface area (Å²) in [7, 11) is 0. The Balaban J connectivity index is 1.74. The Bertz CT molecular complexity index is 633. The van der Waals surface area contributed by atoms with Crippen LogP contribution in [0.1, 0.15) is 24.8 Å². The third-order valence-corrected chi connectivity index (χ3v) is 4.34. The number of carboxylic acids is 1. The first kappa shape index (κ1) is 14.1. The lowest BCUT2D eigenvalue weighted by Gasteiger charge is -2.32. The van der Waals surface area contributed by atoms with Crippen molar-refractivity contribution in [3.05, 3.63) is 48.0 Å². The molecule has 3 rings (SSSR count). The van der Waals surface area contributed by atoms with E-state index in [-0.39, 0.29) is 0 Å². The van der Waals surface area contributed by atoms with E-state index >= 15 is 0 Å². The number of aliphatic carboxylic acids is 1. The highest BCUT2D eigenvalue weighted by molar-refractivity contribution is 5.85. The normalized spacial score (nSPS) is 19.7. The second-order valence-corrected chi connectivity index (χ2v) is 5.98. The number of piperidine rings is 1. The van der Waals surface area contributed by atoms with E-state index in [2.05, 4.69) is 47.4 Å². The summed E-state index contributed by atoms with van der Waals surface area (Å²) in [5.74, 6) is -0.377. The van der Waals surface area contributed by atoms with Gasteiger partial charge in [-0.15, -0.1) is 0 Å². The molecule has 0 aromatic heterocycles. The van der Waals surface area contributed by atoms with Gasteiger partial charge in [0.2, 0.25) is 0 Å². The number of hydrogen-bond acceptors (Lipinski definition) is 2. The lowest BCUT2D eigenvalue weighted by molar-refractivity contribution is -0.138. The SMILES string of the molecule is O=C(O)CC1CCCN(Cc2cccc3ccccc23)C1. The Morgan fingerprint density at radius 3 is 2.86 bits per heavy atom. The molecule has 21 heavy (non-hydrogen) atoms. The van der Waals surface area contributed by atoms with Crippen molar-refractivity contribution < 1.29 is 9.90 Å². The number of carbonyl (C=O) groups is 1. The fraction of sp³-hybridized carbons (Fsp3) is 0.389. The molecule has 3 heteroatoms. The number of likely N-dealkylation sites (tertiary alicyclic amines) is 1. The summed E-state index contributed by atoms with van der Waals surface area (Å²) >= 11 is 0. The molecule has 0 aliphatic carbocycles. The summed E-state index contributed by atoms with van der Waals surface area (Å²) in [4.78, 5) is 13.3. The van der Waals surface area contributed by atoms with E-state index in [1.54, 1.807) is 0 Å². The highest BCUT2D eigenvalue weighted by Crippen LogP contribution is 2.24. The van der Waals surface area contributed by atoms with Crippen LogP contribution in [0.5, 0.6) is 0 Å². The van der Waals surface area contributed by atoms with Crippen molar-refractivity contribution in [3.63, 3.8) is 0 Å². The first-order valence-electron chi connectivity index (χ1n) is 7.63. The molecule has 1 N–H and O–H groups in total. The van der Waals surface area contributed by atoms with Crippen molar-refractivity contribution in [3.8, 4) is 0 Å². The number of benzene rings is 2. The molecule has 0 bridgehead atoms. The summed E-state index contributed by atoms with van der Waals surface area (Å²) in [6, 6.07) is 14.9. The van der Waals surface area contributed by atoms with Crippen LogP contribution in [-0.4, -0.2) is 29.1 Å². The van der Waals surface area contributed by atoms with Crippen molar-refractivity contribution in [2.45, 2.75) is 25.8 Å². The molecule has 0 amide bonds.